The standard InChI is InChI=1S/C23H21F3N6O3/c1-14-7-8-19(27-11-14)31-21(33)18(9-10-34-2)35-22-15-12-30-32(20(15)28-13-29-22)17-6-4-3-5-16(17)23(24,25)26/h3-8,11-13,18H,9-10H2,1-2H3,(H,27,31,33)/t18-/m1/s1. The highest BCUT2D eigenvalue weighted by Gasteiger charge is 2.34. The Morgan fingerprint density at radius 2 is 1.91 bits per heavy atom. The largest absolute Gasteiger partial charge is 0.464 e. The number of anilines is 1. The van der Waals surface area contributed by atoms with Crippen LogP contribution in [0.1, 0.15) is 17.5 Å². The molecule has 12 heteroatoms. The molecule has 0 bridgehead atoms. The number of amides is 1. The minimum absolute atomic E-state index is 0.00106. The molecule has 0 unspecified atom stereocenters. The van der Waals surface area contributed by atoms with E-state index in [2.05, 4.69) is 25.4 Å². The molecule has 0 radical (unpaired) electrons. The summed E-state index contributed by atoms with van der Waals surface area (Å²) >= 11 is 0. The first-order valence-electron chi connectivity index (χ1n) is 10.5. The van der Waals surface area contributed by atoms with Crippen LogP contribution in [0, 0.1) is 6.92 Å². The quantitative estimate of drug-likeness (QED) is 0.402. The fraction of sp³-hybridized carbons (Fsp3) is 0.261. The van der Waals surface area contributed by atoms with Crippen molar-refractivity contribution >= 4 is 22.8 Å². The maximum atomic E-state index is 13.5. The van der Waals surface area contributed by atoms with Gasteiger partial charge in [-0.05, 0) is 30.7 Å². The lowest BCUT2D eigenvalue weighted by Crippen LogP contribution is -2.34. The van der Waals surface area contributed by atoms with Gasteiger partial charge < -0.3 is 14.8 Å². The van der Waals surface area contributed by atoms with Gasteiger partial charge in [-0.3, -0.25) is 4.79 Å². The first-order chi connectivity index (χ1) is 16.8. The van der Waals surface area contributed by atoms with Gasteiger partial charge in [0.25, 0.3) is 5.91 Å². The van der Waals surface area contributed by atoms with E-state index in [9.17, 15) is 18.0 Å². The molecule has 0 aliphatic heterocycles. The zero-order valence-corrected chi connectivity index (χ0v) is 18.8. The molecule has 0 aliphatic carbocycles. The number of aromatic nitrogens is 5. The predicted octanol–water partition coefficient (Wildman–Crippen LogP) is 3.96. The number of nitrogens with zero attached hydrogens (tertiary/aromatic N) is 5. The van der Waals surface area contributed by atoms with Crippen molar-refractivity contribution in [3.63, 3.8) is 0 Å². The van der Waals surface area contributed by atoms with Crippen molar-refractivity contribution in [1.82, 2.24) is 24.7 Å². The van der Waals surface area contributed by atoms with Gasteiger partial charge in [-0.1, -0.05) is 18.2 Å². The molecule has 3 aromatic heterocycles. The molecule has 4 rings (SSSR count). The molecule has 0 saturated carbocycles. The Bertz CT molecular complexity index is 1320. The van der Waals surface area contributed by atoms with Crippen LogP contribution in [0.25, 0.3) is 16.7 Å². The van der Waals surface area contributed by atoms with Crippen LogP contribution < -0.4 is 10.1 Å². The number of alkyl halides is 3. The number of nitrogens with one attached hydrogen (secondary N) is 1. The summed E-state index contributed by atoms with van der Waals surface area (Å²) in [5.74, 6) is -0.144. The van der Waals surface area contributed by atoms with E-state index < -0.39 is 23.8 Å². The van der Waals surface area contributed by atoms with Gasteiger partial charge in [0.2, 0.25) is 5.88 Å². The smallest absolute Gasteiger partial charge is 0.418 e. The van der Waals surface area contributed by atoms with Crippen LogP contribution in [0.15, 0.2) is 55.1 Å². The summed E-state index contributed by atoms with van der Waals surface area (Å²) in [6, 6.07) is 8.48. The molecule has 3 heterocycles. The van der Waals surface area contributed by atoms with Gasteiger partial charge in [0.15, 0.2) is 11.8 Å². The Kier molecular flexibility index (Phi) is 6.92. The molecule has 1 atom stereocenters. The summed E-state index contributed by atoms with van der Waals surface area (Å²) in [6.45, 7) is 2.09. The van der Waals surface area contributed by atoms with Crippen molar-refractivity contribution < 1.29 is 27.4 Å². The number of methoxy groups -OCH3 is 1. The number of aryl methyl sites for hydroxylation is 1. The molecular formula is C23H21F3N6O3. The number of ether oxygens (including phenoxy) is 2. The van der Waals surface area contributed by atoms with Gasteiger partial charge in [0.05, 0.1) is 24.1 Å². The summed E-state index contributed by atoms with van der Waals surface area (Å²) in [5.41, 5.74) is -0.0340. The lowest BCUT2D eigenvalue weighted by Gasteiger charge is -2.18. The van der Waals surface area contributed by atoms with Gasteiger partial charge in [0, 0.05) is 19.7 Å². The highest BCUT2D eigenvalue weighted by molar-refractivity contribution is 5.94. The van der Waals surface area contributed by atoms with Crippen LogP contribution in [0.2, 0.25) is 0 Å². The Labute approximate surface area is 197 Å². The van der Waals surface area contributed by atoms with E-state index in [4.69, 9.17) is 9.47 Å². The number of carbonyl (C=O) groups is 1. The SMILES string of the molecule is COCC[C@@H](Oc1ncnc2c1cnn2-c1ccccc1C(F)(F)F)C(=O)Nc1ccc(C)cn1. The van der Waals surface area contributed by atoms with Crippen LogP contribution in [0.3, 0.4) is 0 Å². The van der Waals surface area contributed by atoms with E-state index in [-0.39, 0.29) is 35.6 Å². The molecule has 1 amide bonds. The summed E-state index contributed by atoms with van der Waals surface area (Å²) in [7, 11) is 1.49. The molecule has 4 aromatic rings. The molecular weight excluding hydrogens is 465 g/mol. The van der Waals surface area contributed by atoms with Crippen molar-refractivity contribution in [1.29, 1.82) is 0 Å². The molecule has 9 nitrogen and oxygen atoms in total. The summed E-state index contributed by atoms with van der Waals surface area (Å²) in [4.78, 5) is 25.2. The summed E-state index contributed by atoms with van der Waals surface area (Å²) in [6.07, 6.45) is -1.38. The number of hydrogen-bond donors (Lipinski definition) is 1. The number of fused-ring (bicyclic) bond motifs is 1. The minimum Gasteiger partial charge on any atom is -0.464 e. The highest BCUT2D eigenvalue weighted by Crippen LogP contribution is 2.35. The van der Waals surface area contributed by atoms with E-state index in [1.165, 1.54) is 31.5 Å². The van der Waals surface area contributed by atoms with Crippen LogP contribution in [0.4, 0.5) is 19.0 Å². The number of hydrogen-bond acceptors (Lipinski definition) is 7. The predicted molar refractivity (Wildman–Crippen MR) is 120 cm³/mol. The third kappa shape index (κ3) is 5.38. The monoisotopic (exact) mass is 486 g/mol. The maximum Gasteiger partial charge on any atom is 0.418 e. The first kappa shape index (κ1) is 24.1. The molecule has 1 N–H and O–H groups in total. The van der Waals surface area contributed by atoms with E-state index >= 15 is 0 Å². The average Bonchev–Trinajstić information content (AvgIpc) is 3.27. The van der Waals surface area contributed by atoms with E-state index in [1.54, 1.807) is 18.3 Å². The van der Waals surface area contributed by atoms with Crippen molar-refractivity contribution in [2.24, 2.45) is 0 Å². The number of pyridine rings is 1. The number of para-hydroxylation sites is 1. The fourth-order valence-electron chi connectivity index (χ4n) is 3.34. The van der Waals surface area contributed by atoms with Gasteiger partial charge >= 0.3 is 6.18 Å². The maximum absolute atomic E-state index is 13.5. The lowest BCUT2D eigenvalue weighted by molar-refractivity contribution is -0.137. The van der Waals surface area contributed by atoms with Crippen LogP contribution in [0.5, 0.6) is 5.88 Å². The molecule has 0 fully saturated rings. The van der Waals surface area contributed by atoms with Gasteiger partial charge in [0.1, 0.15) is 17.5 Å². The molecule has 35 heavy (non-hydrogen) atoms. The van der Waals surface area contributed by atoms with Crippen LogP contribution in [-0.4, -0.2) is 50.5 Å². The second kappa shape index (κ2) is 10.1. The highest BCUT2D eigenvalue weighted by atomic mass is 19.4. The average molecular weight is 486 g/mol. The van der Waals surface area contributed by atoms with Crippen LogP contribution >= 0.6 is 0 Å². The fourth-order valence-corrected chi connectivity index (χ4v) is 3.34. The normalized spacial score (nSPS) is 12.5. The first-order valence-corrected chi connectivity index (χ1v) is 10.5. The second-order valence-corrected chi connectivity index (χ2v) is 7.59. The molecule has 0 spiro atoms. The van der Waals surface area contributed by atoms with E-state index in [1.807, 2.05) is 6.92 Å². The van der Waals surface area contributed by atoms with Crippen molar-refractivity contribution in [3.8, 4) is 11.6 Å². The topological polar surface area (TPSA) is 104 Å². The van der Waals surface area contributed by atoms with Crippen molar-refractivity contribution in [2.75, 3.05) is 19.0 Å². The Balaban J connectivity index is 1.66. The second-order valence-electron chi connectivity index (χ2n) is 7.59. The lowest BCUT2D eigenvalue weighted by atomic mass is 10.1. The Morgan fingerprint density at radius 3 is 2.63 bits per heavy atom. The zero-order valence-electron chi connectivity index (χ0n) is 18.8. The number of benzene rings is 1. The number of rotatable bonds is 8. The van der Waals surface area contributed by atoms with Gasteiger partial charge in [-0.2, -0.15) is 18.3 Å². The molecule has 0 saturated heterocycles. The zero-order chi connectivity index (χ0) is 25.0. The molecule has 182 valence electrons. The number of carbonyl (C=O) groups excluding carboxylic acids is 1. The third-order valence-corrected chi connectivity index (χ3v) is 5.06. The van der Waals surface area contributed by atoms with Crippen LogP contribution in [-0.2, 0) is 15.7 Å². The molecule has 1 aromatic carbocycles. The Morgan fingerprint density at radius 1 is 1.11 bits per heavy atom. The van der Waals surface area contributed by atoms with Gasteiger partial charge in [-0.15, -0.1) is 0 Å². The summed E-state index contributed by atoms with van der Waals surface area (Å²) < 4.78 is 52.7. The minimum atomic E-state index is -4.59. The third-order valence-electron chi connectivity index (χ3n) is 5.06. The molecule has 0 aliphatic rings. The van der Waals surface area contributed by atoms with Crippen molar-refractivity contribution in [3.05, 3.63) is 66.2 Å². The Hall–Kier alpha value is -4.06. The summed E-state index contributed by atoms with van der Waals surface area (Å²) in [5, 5.41) is 7.01. The van der Waals surface area contributed by atoms with E-state index in [0.717, 1.165) is 22.6 Å². The van der Waals surface area contributed by atoms with Gasteiger partial charge in [-0.25, -0.2) is 19.6 Å². The van der Waals surface area contributed by atoms with Crippen molar-refractivity contribution in [2.45, 2.75) is 25.6 Å². The number of halogens is 3. The van der Waals surface area contributed by atoms with E-state index in [0.29, 0.717) is 5.82 Å².